The van der Waals surface area contributed by atoms with Crippen molar-refractivity contribution in [2.75, 3.05) is 18.1 Å². The first-order valence-electron chi connectivity index (χ1n) is 6.36. The number of hydrogen-bond acceptors (Lipinski definition) is 3. The lowest BCUT2D eigenvalue weighted by Gasteiger charge is -2.27. The molecule has 1 amide bonds. The van der Waals surface area contributed by atoms with E-state index in [0.717, 1.165) is 23.6 Å². The van der Waals surface area contributed by atoms with Gasteiger partial charge in [-0.3, -0.25) is 4.79 Å². The molecule has 1 atom stereocenters. The molecule has 1 aliphatic heterocycles. The van der Waals surface area contributed by atoms with E-state index < -0.39 is 0 Å². The summed E-state index contributed by atoms with van der Waals surface area (Å²) < 4.78 is 5.44. The molecule has 0 aliphatic carbocycles. The summed E-state index contributed by atoms with van der Waals surface area (Å²) in [5.74, 6) is 0.0664. The van der Waals surface area contributed by atoms with Gasteiger partial charge < -0.3 is 9.64 Å². The van der Waals surface area contributed by atoms with Crippen LogP contribution in [0.25, 0.3) is 0 Å². The number of thiophene rings is 1. The van der Waals surface area contributed by atoms with Crippen LogP contribution in [0, 0.1) is 0 Å². The van der Waals surface area contributed by atoms with Crippen molar-refractivity contribution >= 4 is 22.9 Å². The van der Waals surface area contributed by atoms with Crippen LogP contribution >= 0.6 is 11.3 Å². The van der Waals surface area contributed by atoms with E-state index in [-0.39, 0.29) is 11.9 Å². The van der Waals surface area contributed by atoms with Crippen molar-refractivity contribution in [2.24, 2.45) is 0 Å². The molecule has 3 nitrogen and oxygen atoms in total. The Bertz CT molecular complexity index is 533. The minimum absolute atomic E-state index is 0.0664. The molecular formula is C15H15NO2S. The summed E-state index contributed by atoms with van der Waals surface area (Å²) in [6, 6.07) is 13.7. The molecule has 0 N–H and O–H groups in total. The number of carbonyl (C=O) groups excluding carboxylic acids is 1. The van der Waals surface area contributed by atoms with Crippen LogP contribution in [-0.4, -0.2) is 25.2 Å². The summed E-state index contributed by atoms with van der Waals surface area (Å²) in [7, 11) is 0. The Kier molecular flexibility index (Phi) is 3.62. The molecule has 1 saturated heterocycles. The third-order valence-electron chi connectivity index (χ3n) is 3.26. The molecule has 0 bridgehead atoms. The third-order valence-corrected chi connectivity index (χ3v) is 4.11. The molecule has 0 spiro atoms. The lowest BCUT2D eigenvalue weighted by Crippen LogP contribution is -2.40. The highest BCUT2D eigenvalue weighted by Crippen LogP contribution is 2.25. The van der Waals surface area contributed by atoms with Gasteiger partial charge in [0.05, 0.1) is 17.5 Å². The quantitative estimate of drug-likeness (QED) is 0.859. The lowest BCUT2D eigenvalue weighted by atomic mass is 10.1. The van der Waals surface area contributed by atoms with Gasteiger partial charge in [0.1, 0.15) is 0 Å². The van der Waals surface area contributed by atoms with Crippen LogP contribution in [0.4, 0.5) is 5.69 Å². The number of amides is 1. The SMILES string of the molecule is O=C(c1cccs1)N(c1ccccc1)[C@H]1CCOC1. The van der Waals surface area contributed by atoms with E-state index in [0.29, 0.717) is 6.61 Å². The van der Waals surface area contributed by atoms with Gasteiger partial charge in [-0.25, -0.2) is 0 Å². The van der Waals surface area contributed by atoms with Gasteiger partial charge in [-0.1, -0.05) is 24.3 Å². The Hall–Kier alpha value is -1.65. The Morgan fingerprint density at radius 1 is 1.21 bits per heavy atom. The standard InChI is InChI=1S/C15H15NO2S/c17-15(14-7-4-10-19-14)16(13-8-9-18-11-13)12-5-2-1-3-6-12/h1-7,10,13H,8-9,11H2/t13-/m0/s1. The summed E-state index contributed by atoms with van der Waals surface area (Å²) in [6.07, 6.45) is 0.895. The minimum Gasteiger partial charge on any atom is -0.379 e. The molecule has 1 aromatic heterocycles. The maximum atomic E-state index is 12.7. The van der Waals surface area contributed by atoms with E-state index in [1.165, 1.54) is 11.3 Å². The summed E-state index contributed by atoms with van der Waals surface area (Å²) in [5.41, 5.74) is 0.941. The van der Waals surface area contributed by atoms with E-state index >= 15 is 0 Å². The van der Waals surface area contributed by atoms with Crippen molar-refractivity contribution < 1.29 is 9.53 Å². The molecule has 2 heterocycles. The fourth-order valence-electron chi connectivity index (χ4n) is 2.33. The Labute approximate surface area is 116 Å². The van der Waals surface area contributed by atoms with Crippen molar-refractivity contribution in [1.29, 1.82) is 0 Å². The number of para-hydroxylation sites is 1. The van der Waals surface area contributed by atoms with E-state index in [9.17, 15) is 4.79 Å². The van der Waals surface area contributed by atoms with Crippen LogP contribution < -0.4 is 4.90 Å². The zero-order valence-corrected chi connectivity index (χ0v) is 11.3. The van der Waals surface area contributed by atoms with Crippen LogP contribution in [0.15, 0.2) is 47.8 Å². The Balaban J connectivity index is 1.94. The molecule has 0 radical (unpaired) electrons. The fraction of sp³-hybridized carbons (Fsp3) is 0.267. The first-order chi connectivity index (χ1) is 9.36. The molecule has 98 valence electrons. The van der Waals surface area contributed by atoms with Crippen LogP contribution in [-0.2, 0) is 4.74 Å². The van der Waals surface area contributed by atoms with Crippen LogP contribution in [0.3, 0.4) is 0 Å². The second-order valence-corrected chi connectivity index (χ2v) is 5.45. The summed E-state index contributed by atoms with van der Waals surface area (Å²) in [4.78, 5) is 15.3. The fourth-order valence-corrected chi connectivity index (χ4v) is 2.99. The van der Waals surface area contributed by atoms with Gasteiger partial charge in [-0.2, -0.15) is 0 Å². The normalized spacial score (nSPS) is 18.4. The molecule has 1 aromatic carbocycles. The highest BCUT2D eigenvalue weighted by atomic mass is 32.1. The number of nitrogens with zero attached hydrogens (tertiary/aromatic N) is 1. The highest BCUT2D eigenvalue weighted by Gasteiger charge is 2.29. The van der Waals surface area contributed by atoms with E-state index in [4.69, 9.17) is 4.74 Å². The lowest BCUT2D eigenvalue weighted by molar-refractivity contribution is 0.0975. The molecular weight excluding hydrogens is 258 g/mol. The van der Waals surface area contributed by atoms with Gasteiger partial charge in [0.15, 0.2) is 0 Å². The topological polar surface area (TPSA) is 29.5 Å². The molecule has 2 aromatic rings. The minimum atomic E-state index is 0.0664. The predicted molar refractivity (Wildman–Crippen MR) is 76.8 cm³/mol. The van der Waals surface area contributed by atoms with Crippen LogP contribution in [0.1, 0.15) is 16.1 Å². The number of rotatable bonds is 3. The monoisotopic (exact) mass is 273 g/mol. The summed E-state index contributed by atoms with van der Waals surface area (Å²) in [6.45, 7) is 1.34. The van der Waals surface area contributed by atoms with Gasteiger partial charge in [0.2, 0.25) is 0 Å². The van der Waals surface area contributed by atoms with E-state index in [1.807, 2.05) is 52.7 Å². The molecule has 19 heavy (non-hydrogen) atoms. The average molecular weight is 273 g/mol. The number of benzene rings is 1. The summed E-state index contributed by atoms with van der Waals surface area (Å²) in [5, 5.41) is 1.93. The van der Waals surface area contributed by atoms with Crippen LogP contribution in [0.2, 0.25) is 0 Å². The number of ether oxygens (including phenoxy) is 1. The van der Waals surface area contributed by atoms with Crippen molar-refractivity contribution in [3.05, 3.63) is 52.7 Å². The molecule has 0 saturated carbocycles. The predicted octanol–water partition coefficient (Wildman–Crippen LogP) is 3.18. The molecule has 1 fully saturated rings. The van der Waals surface area contributed by atoms with Gasteiger partial charge in [0.25, 0.3) is 5.91 Å². The second kappa shape index (κ2) is 5.55. The number of anilines is 1. The average Bonchev–Trinajstić information content (AvgIpc) is 3.13. The first kappa shape index (κ1) is 12.4. The van der Waals surface area contributed by atoms with Crippen molar-refractivity contribution in [3.63, 3.8) is 0 Å². The van der Waals surface area contributed by atoms with Gasteiger partial charge in [-0.05, 0) is 30.0 Å². The zero-order chi connectivity index (χ0) is 13.1. The van der Waals surface area contributed by atoms with Crippen LogP contribution in [0.5, 0.6) is 0 Å². The third kappa shape index (κ3) is 2.55. The first-order valence-corrected chi connectivity index (χ1v) is 7.24. The zero-order valence-electron chi connectivity index (χ0n) is 10.5. The maximum absolute atomic E-state index is 12.7. The van der Waals surface area contributed by atoms with E-state index in [1.54, 1.807) is 0 Å². The number of carbonyl (C=O) groups is 1. The van der Waals surface area contributed by atoms with Gasteiger partial charge in [0, 0.05) is 12.3 Å². The maximum Gasteiger partial charge on any atom is 0.268 e. The Morgan fingerprint density at radius 3 is 2.68 bits per heavy atom. The van der Waals surface area contributed by atoms with Crippen molar-refractivity contribution in [1.82, 2.24) is 0 Å². The summed E-state index contributed by atoms with van der Waals surface area (Å²) >= 11 is 1.48. The smallest absolute Gasteiger partial charge is 0.268 e. The highest BCUT2D eigenvalue weighted by molar-refractivity contribution is 7.12. The largest absolute Gasteiger partial charge is 0.379 e. The molecule has 4 heteroatoms. The number of hydrogen-bond donors (Lipinski definition) is 0. The van der Waals surface area contributed by atoms with E-state index in [2.05, 4.69) is 0 Å². The molecule has 1 aliphatic rings. The van der Waals surface area contributed by atoms with Crippen molar-refractivity contribution in [2.45, 2.75) is 12.5 Å². The van der Waals surface area contributed by atoms with Crippen molar-refractivity contribution in [3.8, 4) is 0 Å². The molecule has 3 rings (SSSR count). The van der Waals surface area contributed by atoms with Gasteiger partial charge >= 0.3 is 0 Å². The second-order valence-electron chi connectivity index (χ2n) is 4.51. The molecule has 0 unspecified atom stereocenters. The van der Waals surface area contributed by atoms with Gasteiger partial charge in [-0.15, -0.1) is 11.3 Å². The Morgan fingerprint density at radius 2 is 2.05 bits per heavy atom.